The standard InChI is InChI=1S/C20H22N2O3S/c1-14(2)16-8-5-6-15-12-22(11-10-17(15)16)26(23,24)13-19-18-7-3-4-9-20(18)25-21-19/h3-9,14H,10-13H2,1-2H3. The number of para-hydroxylation sites is 1. The van der Waals surface area contributed by atoms with Crippen molar-refractivity contribution >= 4 is 21.0 Å². The van der Waals surface area contributed by atoms with Crippen molar-refractivity contribution in [3.05, 3.63) is 64.8 Å². The summed E-state index contributed by atoms with van der Waals surface area (Å²) in [5.41, 5.74) is 4.82. The van der Waals surface area contributed by atoms with Gasteiger partial charge in [0.15, 0.2) is 5.58 Å². The molecule has 0 aliphatic carbocycles. The van der Waals surface area contributed by atoms with E-state index in [9.17, 15) is 8.42 Å². The summed E-state index contributed by atoms with van der Waals surface area (Å²) in [6.45, 7) is 5.28. The third-order valence-corrected chi connectivity index (χ3v) is 6.79. The Labute approximate surface area is 153 Å². The minimum Gasteiger partial charge on any atom is -0.356 e. The number of aromatic nitrogens is 1. The van der Waals surface area contributed by atoms with Crippen LogP contribution in [0.15, 0.2) is 47.0 Å². The third-order valence-electron chi connectivity index (χ3n) is 5.05. The molecule has 1 aliphatic heterocycles. The fraction of sp³-hybridized carbons (Fsp3) is 0.350. The van der Waals surface area contributed by atoms with Crippen molar-refractivity contribution in [1.82, 2.24) is 9.46 Å². The number of nitrogens with zero attached hydrogens (tertiary/aromatic N) is 2. The highest BCUT2D eigenvalue weighted by Gasteiger charge is 2.29. The quantitative estimate of drug-likeness (QED) is 0.700. The van der Waals surface area contributed by atoms with Crippen molar-refractivity contribution in [1.29, 1.82) is 0 Å². The van der Waals surface area contributed by atoms with Crippen LogP contribution in [-0.4, -0.2) is 24.4 Å². The van der Waals surface area contributed by atoms with E-state index in [1.165, 1.54) is 11.1 Å². The van der Waals surface area contributed by atoms with Crippen LogP contribution in [-0.2, 0) is 28.7 Å². The van der Waals surface area contributed by atoms with Gasteiger partial charge >= 0.3 is 0 Å². The van der Waals surface area contributed by atoms with Crippen LogP contribution < -0.4 is 0 Å². The van der Waals surface area contributed by atoms with Gasteiger partial charge < -0.3 is 4.52 Å². The first-order valence-electron chi connectivity index (χ1n) is 8.87. The molecule has 0 fully saturated rings. The van der Waals surface area contributed by atoms with E-state index in [2.05, 4.69) is 25.1 Å². The molecule has 0 saturated heterocycles. The molecular formula is C20H22N2O3S. The molecular weight excluding hydrogens is 348 g/mol. The molecule has 0 N–H and O–H groups in total. The van der Waals surface area contributed by atoms with Crippen molar-refractivity contribution in [2.45, 2.75) is 38.5 Å². The van der Waals surface area contributed by atoms with Crippen LogP contribution in [0.25, 0.3) is 11.0 Å². The van der Waals surface area contributed by atoms with Gasteiger partial charge in [-0.1, -0.05) is 49.3 Å². The summed E-state index contributed by atoms with van der Waals surface area (Å²) < 4.78 is 32.8. The van der Waals surface area contributed by atoms with E-state index < -0.39 is 10.0 Å². The van der Waals surface area contributed by atoms with E-state index in [1.54, 1.807) is 10.4 Å². The lowest BCUT2D eigenvalue weighted by atomic mass is 9.90. The number of hydrogen-bond acceptors (Lipinski definition) is 4. The molecule has 136 valence electrons. The molecule has 26 heavy (non-hydrogen) atoms. The lowest BCUT2D eigenvalue weighted by Crippen LogP contribution is -2.37. The first-order valence-corrected chi connectivity index (χ1v) is 10.5. The Bertz CT molecular complexity index is 1050. The molecule has 4 rings (SSSR count). The zero-order chi connectivity index (χ0) is 18.3. The zero-order valence-electron chi connectivity index (χ0n) is 15.0. The molecule has 1 aromatic heterocycles. The van der Waals surface area contributed by atoms with Gasteiger partial charge in [-0.15, -0.1) is 0 Å². The Morgan fingerprint density at radius 2 is 1.96 bits per heavy atom. The van der Waals surface area contributed by atoms with Crippen molar-refractivity contribution in [3.63, 3.8) is 0 Å². The van der Waals surface area contributed by atoms with Gasteiger partial charge in [-0.05, 0) is 41.2 Å². The van der Waals surface area contributed by atoms with Crippen LogP contribution >= 0.6 is 0 Å². The Balaban J connectivity index is 1.61. The maximum absolute atomic E-state index is 13.0. The van der Waals surface area contributed by atoms with Crippen LogP contribution in [0.4, 0.5) is 0 Å². The second-order valence-corrected chi connectivity index (χ2v) is 9.07. The second-order valence-electron chi connectivity index (χ2n) is 7.10. The molecule has 3 aromatic rings. The molecule has 0 amide bonds. The number of benzene rings is 2. The molecule has 0 unspecified atom stereocenters. The first-order chi connectivity index (χ1) is 12.5. The Hall–Kier alpha value is -2.18. The molecule has 0 bridgehead atoms. The van der Waals surface area contributed by atoms with Gasteiger partial charge in [-0.25, -0.2) is 8.42 Å². The minimum atomic E-state index is -3.46. The molecule has 5 nitrogen and oxygen atoms in total. The van der Waals surface area contributed by atoms with E-state index in [0.717, 1.165) is 17.4 Å². The summed E-state index contributed by atoms with van der Waals surface area (Å²) in [5.74, 6) is 0.304. The fourth-order valence-corrected chi connectivity index (χ4v) is 5.14. The van der Waals surface area contributed by atoms with E-state index in [1.807, 2.05) is 30.3 Å². The van der Waals surface area contributed by atoms with Gasteiger partial charge in [-0.3, -0.25) is 0 Å². The summed E-state index contributed by atoms with van der Waals surface area (Å²) in [5, 5.41) is 4.74. The smallest absolute Gasteiger partial charge is 0.220 e. The van der Waals surface area contributed by atoms with Crippen LogP contribution in [0, 0.1) is 0 Å². The third kappa shape index (κ3) is 3.04. The minimum absolute atomic E-state index is 0.136. The highest BCUT2D eigenvalue weighted by atomic mass is 32.2. The Morgan fingerprint density at radius 3 is 2.77 bits per heavy atom. The lowest BCUT2D eigenvalue weighted by Gasteiger charge is -2.30. The molecule has 0 atom stereocenters. The predicted molar refractivity (Wildman–Crippen MR) is 101 cm³/mol. The maximum atomic E-state index is 13.0. The molecule has 6 heteroatoms. The van der Waals surface area contributed by atoms with Gasteiger partial charge in [0.25, 0.3) is 0 Å². The van der Waals surface area contributed by atoms with Gasteiger partial charge in [0.1, 0.15) is 11.4 Å². The maximum Gasteiger partial charge on any atom is 0.220 e. The zero-order valence-corrected chi connectivity index (χ0v) is 15.8. The number of hydrogen-bond donors (Lipinski definition) is 0. The van der Waals surface area contributed by atoms with Gasteiger partial charge in [0.2, 0.25) is 10.0 Å². The van der Waals surface area contributed by atoms with Crippen LogP contribution in [0.5, 0.6) is 0 Å². The van der Waals surface area contributed by atoms with Gasteiger partial charge in [-0.2, -0.15) is 4.31 Å². The summed E-state index contributed by atoms with van der Waals surface area (Å²) >= 11 is 0. The number of fused-ring (bicyclic) bond motifs is 2. The van der Waals surface area contributed by atoms with E-state index in [-0.39, 0.29) is 5.75 Å². The van der Waals surface area contributed by atoms with E-state index in [4.69, 9.17) is 4.52 Å². The van der Waals surface area contributed by atoms with Crippen LogP contribution in [0.2, 0.25) is 0 Å². The Morgan fingerprint density at radius 1 is 1.15 bits per heavy atom. The monoisotopic (exact) mass is 370 g/mol. The highest BCUT2D eigenvalue weighted by molar-refractivity contribution is 7.88. The van der Waals surface area contributed by atoms with Crippen LogP contribution in [0.1, 0.15) is 42.1 Å². The van der Waals surface area contributed by atoms with Crippen molar-refractivity contribution in [2.75, 3.05) is 6.54 Å². The molecule has 0 saturated carbocycles. The van der Waals surface area contributed by atoms with Crippen LogP contribution in [0.3, 0.4) is 0 Å². The van der Waals surface area contributed by atoms with Crippen molar-refractivity contribution in [3.8, 4) is 0 Å². The lowest BCUT2D eigenvalue weighted by molar-refractivity contribution is 0.387. The summed E-state index contributed by atoms with van der Waals surface area (Å²) in [4.78, 5) is 0. The average Bonchev–Trinajstić information content (AvgIpc) is 3.03. The normalized spacial score (nSPS) is 15.5. The summed E-state index contributed by atoms with van der Waals surface area (Å²) in [6, 6.07) is 13.6. The molecule has 0 radical (unpaired) electrons. The fourth-order valence-electron chi connectivity index (χ4n) is 3.70. The first kappa shape index (κ1) is 17.2. The highest BCUT2D eigenvalue weighted by Crippen LogP contribution is 2.30. The van der Waals surface area contributed by atoms with Gasteiger partial charge in [0.05, 0.1) is 0 Å². The topological polar surface area (TPSA) is 63.4 Å². The van der Waals surface area contributed by atoms with Crippen molar-refractivity contribution < 1.29 is 12.9 Å². The molecule has 0 spiro atoms. The largest absolute Gasteiger partial charge is 0.356 e. The summed E-state index contributed by atoms with van der Waals surface area (Å²) in [6.07, 6.45) is 0.752. The Kier molecular flexibility index (Phi) is 4.32. The average molecular weight is 370 g/mol. The number of rotatable bonds is 4. The molecule has 2 heterocycles. The molecule has 1 aliphatic rings. The summed E-state index contributed by atoms with van der Waals surface area (Å²) in [7, 11) is -3.46. The second kappa shape index (κ2) is 6.52. The van der Waals surface area contributed by atoms with Crippen molar-refractivity contribution in [2.24, 2.45) is 0 Å². The SMILES string of the molecule is CC(C)c1cccc2c1CCN(S(=O)(=O)Cc1noc3ccccc13)C2. The predicted octanol–water partition coefficient (Wildman–Crippen LogP) is 3.84. The van der Waals surface area contributed by atoms with Gasteiger partial charge in [0, 0.05) is 18.5 Å². The van der Waals surface area contributed by atoms with E-state index >= 15 is 0 Å². The number of sulfonamides is 1. The van der Waals surface area contributed by atoms with E-state index in [0.29, 0.717) is 30.3 Å². The molecule has 2 aromatic carbocycles.